The fourth-order valence-electron chi connectivity index (χ4n) is 2.48. The molecular weight excluding hydrogens is 262 g/mol. The smallest absolute Gasteiger partial charge is 0.329 e. The number of carbonyl (C=O) groups is 1. The molecular formula is C13H21N3O2S. The number of aryl methyl sites for hydroxylation is 1. The number of anilines is 1. The summed E-state index contributed by atoms with van der Waals surface area (Å²) < 4.78 is 4.25. The Labute approximate surface area is 117 Å². The van der Waals surface area contributed by atoms with Gasteiger partial charge >= 0.3 is 5.97 Å². The van der Waals surface area contributed by atoms with E-state index in [-0.39, 0.29) is 0 Å². The third-order valence-electron chi connectivity index (χ3n) is 3.83. The molecule has 1 heterocycles. The second kappa shape index (κ2) is 5.86. The summed E-state index contributed by atoms with van der Waals surface area (Å²) in [6.07, 6.45) is 5.05. The summed E-state index contributed by atoms with van der Waals surface area (Å²) in [6.45, 7) is 4.26. The van der Waals surface area contributed by atoms with E-state index in [1.165, 1.54) is 11.5 Å². The minimum absolute atomic E-state index is 0.611. The minimum Gasteiger partial charge on any atom is -0.480 e. The van der Waals surface area contributed by atoms with E-state index in [1.54, 1.807) is 0 Å². The standard InChI is InChI=1S/C13H21N3O2S/c1-3-4-10-14-12(19-16-10)15-13(11(17)18)7-5-9(2)6-8-13/h9H,3-8H2,1-2H3,(H,17,18)(H,14,15,16). The fourth-order valence-corrected chi connectivity index (χ4v) is 3.19. The van der Waals surface area contributed by atoms with Gasteiger partial charge in [0.15, 0.2) is 0 Å². The number of nitrogens with zero attached hydrogens (tertiary/aromatic N) is 2. The molecule has 1 aliphatic rings. The normalized spacial score (nSPS) is 27.2. The molecule has 0 spiro atoms. The van der Waals surface area contributed by atoms with Crippen molar-refractivity contribution in [2.75, 3.05) is 5.32 Å². The topological polar surface area (TPSA) is 75.1 Å². The molecule has 2 N–H and O–H groups in total. The van der Waals surface area contributed by atoms with Crippen LogP contribution in [-0.2, 0) is 11.2 Å². The number of carboxylic acid groups (broad SMARTS) is 1. The van der Waals surface area contributed by atoms with Gasteiger partial charge in [-0.1, -0.05) is 13.8 Å². The predicted octanol–water partition coefficient (Wildman–Crippen LogP) is 2.94. The molecule has 1 fully saturated rings. The molecule has 0 atom stereocenters. The second-order valence-electron chi connectivity index (χ2n) is 5.46. The lowest BCUT2D eigenvalue weighted by Crippen LogP contribution is -2.48. The number of rotatable bonds is 5. The lowest BCUT2D eigenvalue weighted by atomic mass is 9.77. The van der Waals surface area contributed by atoms with Crippen LogP contribution in [0.4, 0.5) is 5.13 Å². The maximum absolute atomic E-state index is 11.6. The Kier molecular flexibility index (Phi) is 4.39. The Hall–Kier alpha value is -1.17. The SMILES string of the molecule is CCCc1nsc(NC2(C(=O)O)CCC(C)CC2)n1. The Bertz CT molecular complexity index is 439. The number of aromatic nitrogens is 2. The quantitative estimate of drug-likeness (QED) is 0.869. The van der Waals surface area contributed by atoms with Crippen molar-refractivity contribution in [3.05, 3.63) is 5.82 Å². The molecule has 1 aromatic rings. The van der Waals surface area contributed by atoms with Crippen LogP contribution in [0.1, 0.15) is 51.8 Å². The van der Waals surface area contributed by atoms with E-state index in [0.29, 0.717) is 23.9 Å². The van der Waals surface area contributed by atoms with E-state index in [2.05, 4.69) is 28.5 Å². The lowest BCUT2D eigenvalue weighted by molar-refractivity contribution is -0.143. The van der Waals surface area contributed by atoms with Gasteiger partial charge in [-0.3, -0.25) is 0 Å². The second-order valence-corrected chi connectivity index (χ2v) is 6.21. The van der Waals surface area contributed by atoms with Gasteiger partial charge in [0.2, 0.25) is 5.13 Å². The maximum Gasteiger partial charge on any atom is 0.329 e. The zero-order valence-electron chi connectivity index (χ0n) is 11.5. The van der Waals surface area contributed by atoms with Gasteiger partial charge in [0.1, 0.15) is 11.4 Å². The first-order valence-corrected chi connectivity index (χ1v) is 7.67. The third-order valence-corrected chi connectivity index (χ3v) is 4.49. The van der Waals surface area contributed by atoms with Crippen molar-refractivity contribution in [2.45, 2.75) is 57.9 Å². The Morgan fingerprint density at radius 2 is 2.21 bits per heavy atom. The molecule has 6 heteroatoms. The van der Waals surface area contributed by atoms with Crippen molar-refractivity contribution in [3.63, 3.8) is 0 Å². The van der Waals surface area contributed by atoms with Gasteiger partial charge < -0.3 is 10.4 Å². The molecule has 0 amide bonds. The van der Waals surface area contributed by atoms with Gasteiger partial charge in [0.25, 0.3) is 0 Å². The van der Waals surface area contributed by atoms with Crippen LogP contribution in [0, 0.1) is 5.92 Å². The summed E-state index contributed by atoms with van der Waals surface area (Å²) in [5.41, 5.74) is -0.852. The summed E-state index contributed by atoms with van der Waals surface area (Å²) in [7, 11) is 0. The van der Waals surface area contributed by atoms with E-state index in [9.17, 15) is 9.90 Å². The van der Waals surface area contributed by atoms with E-state index in [4.69, 9.17) is 0 Å². The molecule has 5 nitrogen and oxygen atoms in total. The lowest BCUT2D eigenvalue weighted by Gasteiger charge is -2.36. The molecule has 1 aromatic heterocycles. The molecule has 0 aliphatic heterocycles. The van der Waals surface area contributed by atoms with Gasteiger partial charge in [-0.2, -0.15) is 4.37 Å². The predicted molar refractivity (Wildman–Crippen MR) is 75.5 cm³/mol. The molecule has 2 rings (SSSR count). The first-order valence-electron chi connectivity index (χ1n) is 6.90. The fraction of sp³-hybridized carbons (Fsp3) is 0.769. The zero-order valence-corrected chi connectivity index (χ0v) is 12.3. The third kappa shape index (κ3) is 3.23. The van der Waals surface area contributed by atoms with E-state index < -0.39 is 11.5 Å². The number of aliphatic carboxylic acids is 1. The van der Waals surface area contributed by atoms with Crippen LogP contribution in [0.5, 0.6) is 0 Å². The highest BCUT2D eigenvalue weighted by Crippen LogP contribution is 2.35. The monoisotopic (exact) mass is 283 g/mol. The number of hydrogen-bond acceptors (Lipinski definition) is 5. The van der Waals surface area contributed by atoms with Crippen molar-refractivity contribution in [1.82, 2.24) is 9.36 Å². The van der Waals surface area contributed by atoms with Gasteiger partial charge in [-0.25, -0.2) is 9.78 Å². The molecule has 1 aliphatic carbocycles. The highest BCUT2D eigenvalue weighted by molar-refractivity contribution is 7.09. The van der Waals surface area contributed by atoms with Crippen molar-refractivity contribution in [1.29, 1.82) is 0 Å². The van der Waals surface area contributed by atoms with Crippen LogP contribution in [0.3, 0.4) is 0 Å². The summed E-state index contributed by atoms with van der Waals surface area (Å²) in [4.78, 5) is 16.0. The first kappa shape index (κ1) is 14.2. The Morgan fingerprint density at radius 3 is 2.79 bits per heavy atom. The van der Waals surface area contributed by atoms with Crippen molar-refractivity contribution >= 4 is 22.6 Å². The van der Waals surface area contributed by atoms with Gasteiger partial charge in [-0.05, 0) is 38.0 Å². The average Bonchev–Trinajstić information content (AvgIpc) is 2.80. The molecule has 0 radical (unpaired) electrons. The van der Waals surface area contributed by atoms with E-state index in [0.717, 1.165) is 31.5 Å². The van der Waals surface area contributed by atoms with Crippen LogP contribution in [0.25, 0.3) is 0 Å². The largest absolute Gasteiger partial charge is 0.480 e. The number of nitrogens with one attached hydrogen (secondary N) is 1. The van der Waals surface area contributed by atoms with Crippen LogP contribution < -0.4 is 5.32 Å². The van der Waals surface area contributed by atoms with Gasteiger partial charge in [-0.15, -0.1) is 0 Å². The highest BCUT2D eigenvalue weighted by Gasteiger charge is 2.41. The zero-order chi connectivity index (χ0) is 13.9. The average molecular weight is 283 g/mol. The molecule has 0 unspecified atom stereocenters. The van der Waals surface area contributed by atoms with Crippen molar-refractivity contribution in [2.24, 2.45) is 5.92 Å². The summed E-state index contributed by atoms with van der Waals surface area (Å²) >= 11 is 1.26. The van der Waals surface area contributed by atoms with Crippen LogP contribution in [-0.4, -0.2) is 26.0 Å². The summed E-state index contributed by atoms with van der Waals surface area (Å²) in [5, 5.41) is 13.3. The molecule has 19 heavy (non-hydrogen) atoms. The molecule has 0 saturated heterocycles. The van der Waals surface area contributed by atoms with E-state index >= 15 is 0 Å². The van der Waals surface area contributed by atoms with E-state index in [1.807, 2.05) is 0 Å². The molecule has 106 valence electrons. The molecule has 0 bridgehead atoms. The van der Waals surface area contributed by atoms with Gasteiger partial charge in [0, 0.05) is 18.0 Å². The summed E-state index contributed by atoms with van der Waals surface area (Å²) in [5.74, 6) is 0.644. The van der Waals surface area contributed by atoms with Crippen molar-refractivity contribution in [3.8, 4) is 0 Å². The van der Waals surface area contributed by atoms with Crippen LogP contribution in [0.15, 0.2) is 0 Å². The molecule has 0 aromatic carbocycles. The maximum atomic E-state index is 11.6. The Balaban J connectivity index is 2.09. The minimum atomic E-state index is -0.852. The summed E-state index contributed by atoms with van der Waals surface area (Å²) in [6, 6.07) is 0. The van der Waals surface area contributed by atoms with Gasteiger partial charge in [0.05, 0.1) is 0 Å². The number of carboxylic acids is 1. The Morgan fingerprint density at radius 1 is 1.53 bits per heavy atom. The highest BCUT2D eigenvalue weighted by atomic mass is 32.1. The van der Waals surface area contributed by atoms with Crippen molar-refractivity contribution < 1.29 is 9.90 Å². The number of hydrogen-bond donors (Lipinski definition) is 2. The van der Waals surface area contributed by atoms with Crippen LogP contribution >= 0.6 is 11.5 Å². The van der Waals surface area contributed by atoms with Crippen LogP contribution in [0.2, 0.25) is 0 Å². The molecule has 1 saturated carbocycles. The first-order chi connectivity index (χ1) is 9.05.